The third-order valence-electron chi connectivity index (χ3n) is 2.57. The quantitative estimate of drug-likeness (QED) is 0.790. The molecule has 2 aromatic carbocycles. The molecule has 3 N–H and O–H groups in total. The summed E-state index contributed by atoms with van der Waals surface area (Å²) in [5, 5.41) is 21.7. The zero-order valence-corrected chi connectivity index (χ0v) is 10.3. The third-order valence-corrected chi connectivity index (χ3v) is 2.57. The molecular weight excluding hydrogens is 246 g/mol. The number of anilines is 1. The molecule has 0 spiro atoms. The third kappa shape index (κ3) is 2.77. The van der Waals surface area contributed by atoms with E-state index >= 15 is 0 Å². The van der Waals surface area contributed by atoms with E-state index in [-0.39, 0.29) is 22.8 Å². The molecule has 5 nitrogen and oxygen atoms in total. The van der Waals surface area contributed by atoms with Gasteiger partial charge in [0.25, 0.3) is 5.91 Å². The highest BCUT2D eigenvalue weighted by Gasteiger charge is 2.14. The van der Waals surface area contributed by atoms with Crippen LogP contribution in [0.5, 0.6) is 17.2 Å². The van der Waals surface area contributed by atoms with Crippen LogP contribution in [-0.4, -0.2) is 23.2 Å². The standard InChI is InChI=1S/C14H13NO4/c1-19-12-7-3-6-11(13(12)17)14(18)15-9-4-2-5-10(16)8-9/h2-8,16-17H,1H3,(H,15,18). The number of benzene rings is 2. The highest BCUT2D eigenvalue weighted by molar-refractivity contribution is 6.06. The highest BCUT2D eigenvalue weighted by atomic mass is 16.5. The molecule has 0 aliphatic rings. The van der Waals surface area contributed by atoms with Crippen molar-refractivity contribution in [2.45, 2.75) is 0 Å². The second kappa shape index (κ2) is 5.30. The van der Waals surface area contributed by atoms with Crippen LogP contribution in [-0.2, 0) is 0 Å². The summed E-state index contributed by atoms with van der Waals surface area (Å²) in [7, 11) is 1.41. The van der Waals surface area contributed by atoms with E-state index in [1.54, 1.807) is 24.3 Å². The monoisotopic (exact) mass is 259 g/mol. The van der Waals surface area contributed by atoms with Crippen LogP contribution in [0, 0.1) is 0 Å². The first-order chi connectivity index (χ1) is 9.11. The van der Waals surface area contributed by atoms with Crippen LogP contribution >= 0.6 is 0 Å². The van der Waals surface area contributed by atoms with Crippen LogP contribution < -0.4 is 10.1 Å². The number of methoxy groups -OCH3 is 1. The number of carbonyl (C=O) groups excluding carboxylic acids is 1. The van der Waals surface area contributed by atoms with Crippen LogP contribution in [0.3, 0.4) is 0 Å². The number of rotatable bonds is 3. The lowest BCUT2D eigenvalue weighted by molar-refractivity contribution is 0.102. The second-order valence-corrected chi connectivity index (χ2v) is 3.86. The van der Waals surface area contributed by atoms with Gasteiger partial charge in [-0.3, -0.25) is 4.79 Å². The van der Waals surface area contributed by atoms with E-state index < -0.39 is 5.91 Å². The maximum atomic E-state index is 12.0. The molecule has 0 aliphatic heterocycles. The molecule has 19 heavy (non-hydrogen) atoms. The summed E-state index contributed by atoms with van der Waals surface area (Å²) in [6, 6.07) is 10.8. The molecule has 0 saturated carbocycles. The first-order valence-electron chi connectivity index (χ1n) is 5.58. The number of aromatic hydroxyl groups is 2. The van der Waals surface area contributed by atoms with E-state index in [9.17, 15) is 15.0 Å². The summed E-state index contributed by atoms with van der Waals surface area (Å²) in [5.41, 5.74) is 0.537. The fraction of sp³-hybridized carbons (Fsp3) is 0.0714. The van der Waals surface area contributed by atoms with E-state index in [1.165, 1.54) is 25.3 Å². The Morgan fingerprint density at radius 1 is 1.16 bits per heavy atom. The van der Waals surface area contributed by atoms with Crippen LogP contribution in [0.25, 0.3) is 0 Å². The van der Waals surface area contributed by atoms with Crippen molar-refractivity contribution in [2.24, 2.45) is 0 Å². The second-order valence-electron chi connectivity index (χ2n) is 3.86. The molecular formula is C14H13NO4. The Labute approximate surface area is 110 Å². The Kier molecular flexibility index (Phi) is 3.56. The van der Waals surface area contributed by atoms with Gasteiger partial charge < -0.3 is 20.3 Å². The van der Waals surface area contributed by atoms with Crippen molar-refractivity contribution in [2.75, 3.05) is 12.4 Å². The van der Waals surface area contributed by atoms with Gasteiger partial charge in [0.05, 0.1) is 12.7 Å². The van der Waals surface area contributed by atoms with Crippen molar-refractivity contribution in [3.8, 4) is 17.2 Å². The molecule has 2 aromatic rings. The molecule has 0 aliphatic carbocycles. The van der Waals surface area contributed by atoms with Crippen molar-refractivity contribution in [1.29, 1.82) is 0 Å². The number of phenols is 2. The first-order valence-corrected chi connectivity index (χ1v) is 5.58. The fourth-order valence-corrected chi connectivity index (χ4v) is 1.65. The summed E-state index contributed by atoms with van der Waals surface area (Å²) in [6.45, 7) is 0. The average Bonchev–Trinajstić information content (AvgIpc) is 2.39. The topological polar surface area (TPSA) is 78.8 Å². The van der Waals surface area contributed by atoms with Crippen LogP contribution in [0.15, 0.2) is 42.5 Å². The minimum atomic E-state index is -0.484. The van der Waals surface area contributed by atoms with E-state index in [2.05, 4.69) is 5.32 Å². The van der Waals surface area contributed by atoms with Crippen LogP contribution in [0.4, 0.5) is 5.69 Å². The summed E-state index contributed by atoms with van der Waals surface area (Å²) in [6.07, 6.45) is 0. The van der Waals surface area contributed by atoms with Crippen molar-refractivity contribution >= 4 is 11.6 Å². The molecule has 0 aromatic heterocycles. The van der Waals surface area contributed by atoms with Gasteiger partial charge in [-0.25, -0.2) is 0 Å². The number of phenolic OH excluding ortho intramolecular Hbond substituents is 2. The highest BCUT2D eigenvalue weighted by Crippen LogP contribution is 2.30. The Morgan fingerprint density at radius 3 is 2.58 bits per heavy atom. The van der Waals surface area contributed by atoms with Crippen molar-refractivity contribution in [1.82, 2.24) is 0 Å². The average molecular weight is 259 g/mol. The van der Waals surface area contributed by atoms with E-state index in [1.807, 2.05) is 0 Å². The maximum absolute atomic E-state index is 12.0. The molecule has 0 saturated heterocycles. The smallest absolute Gasteiger partial charge is 0.259 e. The molecule has 5 heteroatoms. The minimum Gasteiger partial charge on any atom is -0.508 e. The first kappa shape index (κ1) is 12.8. The van der Waals surface area contributed by atoms with Crippen LogP contribution in [0.2, 0.25) is 0 Å². The number of hydrogen-bond acceptors (Lipinski definition) is 4. The van der Waals surface area contributed by atoms with E-state index in [0.29, 0.717) is 5.69 Å². The summed E-state index contributed by atoms with van der Waals surface area (Å²) in [5.74, 6) is -0.430. The van der Waals surface area contributed by atoms with E-state index in [0.717, 1.165) is 0 Å². The molecule has 0 atom stereocenters. The molecule has 0 fully saturated rings. The van der Waals surface area contributed by atoms with E-state index in [4.69, 9.17) is 4.74 Å². The molecule has 98 valence electrons. The van der Waals surface area contributed by atoms with Gasteiger partial charge >= 0.3 is 0 Å². The van der Waals surface area contributed by atoms with Gasteiger partial charge in [0, 0.05) is 11.8 Å². The molecule has 0 heterocycles. The fourth-order valence-electron chi connectivity index (χ4n) is 1.65. The Balaban J connectivity index is 2.25. The normalized spacial score (nSPS) is 9.95. The van der Waals surface area contributed by atoms with Gasteiger partial charge in [0.15, 0.2) is 11.5 Å². The Bertz CT molecular complexity index is 610. The zero-order valence-electron chi connectivity index (χ0n) is 10.3. The number of ether oxygens (including phenoxy) is 1. The predicted octanol–water partition coefficient (Wildman–Crippen LogP) is 2.36. The molecule has 0 bridgehead atoms. The lowest BCUT2D eigenvalue weighted by Crippen LogP contribution is -2.12. The summed E-state index contributed by atoms with van der Waals surface area (Å²) < 4.78 is 4.94. The molecule has 0 unspecified atom stereocenters. The number of amides is 1. The lowest BCUT2D eigenvalue weighted by Gasteiger charge is -2.09. The maximum Gasteiger partial charge on any atom is 0.259 e. The molecule has 2 rings (SSSR count). The summed E-state index contributed by atoms with van der Waals surface area (Å²) >= 11 is 0. The van der Waals surface area contributed by atoms with Crippen molar-refractivity contribution < 1.29 is 19.7 Å². The van der Waals surface area contributed by atoms with Crippen molar-refractivity contribution in [3.05, 3.63) is 48.0 Å². The molecule has 0 radical (unpaired) electrons. The Hall–Kier alpha value is -2.69. The van der Waals surface area contributed by atoms with Gasteiger partial charge in [0.2, 0.25) is 0 Å². The lowest BCUT2D eigenvalue weighted by atomic mass is 10.1. The number of hydrogen-bond donors (Lipinski definition) is 3. The van der Waals surface area contributed by atoms with Crippen LogP contribution in [0.1, 0.15) is 10.4 Å². The summed E-state index contributed by atoms with van der Waals surface area (Å²) in [4.78, 5) is 12.0. The largest absolute Gasteiger partial charge is 0.508 e. The zero-order chi connectivity index (χ0) is 13.8. The Morgan fingerprint density at radius 2 is 1.89 bits per heavy atom. The van der Waals surface area contributed by atoms with Gasteiger partial charge in [-0.05, 0) is 24.3 Å². The number of nitrogens with one attached hydrogen (secondary N) is 1. The number of carbonyl (C=O) groups is 1. The minimum absolute atomic E-state index is 0.0488. The molecule has 1 amide bonds. The van der Waals surface area contributed by atoms with Gasteiger partial charge in [0.1, 0.15) is 5.75 Å². The van der Waals surface area contributed by atoms with Crippen molar-refractivity contribution in [3.63, 3.8) is 0 Å². The SMILES string of the molecule is COc1cccc(C(=O)Nc2cccc(O)c2)c1O. The predicted molar refractivity (Wildman–Crippen MR) is 70.7 cm³/mol. The van der Waals surface area contributed by atoms with Gasteiger partial charge in [-0.2, -0.15) is 0 Å². The van der Waals surface area contributed by atoms with Gasteiger partial charge in [-0.1, -0.05) is 12.1 Å². The van der Waals surface area contributed by atoms with Gasteiger partial charge in [-0.15, -0.1) is 0 Å². The number of para-hydroxylation sites is 1.